The zero-order valence-electron chi connectivity index (χ0n) is 7.14. The minimum Gasteiger partial charge on any atom is -0.375 e. The number of aliphatic hydroxyl groups excluding tert-OH is 1. The van der Waals surface area contributed by atoms with E-state index in [0.29, 0.717) is 0 Å². The normalized spacial score (nSPS) is 13.1. The predicted molar refractivity (Wildman–Crippen MR) is 53.1 cm³/mol. The maximum Gasteiger partial charge on any atom is 0.128 e. The van der Waals surface area contributed by atoms with Gasteiger partial charge in [0, 0.05) is 0 Å². The Labute approximate surface area is 76.6 Å². The summed E-state index contributed by atoms with van der Waals surface area (Å²) in [5.41, 5.74) is 6.11. The fourth-order valence-corrected chi connectivity index (χ4v) is 1.39. The first-order chi connectivity index (χ1) is 6.27. The lowest BCUT2D eigenvalue weighted by Crippen LogP contribution is -2.07. The lowest BCUT2D eigenvalue weighted by Gasteiger charge is -2.05. The summed E-state index contributed by atoms with van der Waals surface area (Å²) in [6.07, 6.45) is -0.885. The highest BCUT2D eigenvalue weighted by Crippen LogP contribution is 2.17. The number of aliphatic hydroxyl groups is 1. The highest BCUT2D eigenvalue weighted by atomic mass is 16.3. The van der Waals surface area contributed by atoms with Crippen molar-refractivity contribution in [3.8, 4) is 0 Å². The Morgan fingerprint density at radius 3 is 2.38 bits per heavy atom. The van der Waals surface area contributed by atoms with Gasteiger partial charge >= 0.3 is 0 Å². The molecular weight excluding hydrogens is 162 g/mol. The zero-order valence-corrected chi connectivity index (χ0v) is 7.14. The van der Waals surface area contributed by atoms with E-state index in [1.54, 1.807) is 0 Å². The first kappa shape index (κ1) is 8.23. The molecule has 2 nitrogen and oxygen atoms in total. The molecule has 3 N–H and O–H groups in total. The van der Waals surface area contributed by atoms with Gasteiger partial charge in [-0.2, -0.15) is 0 Å². The smallest absolute Gasteiger partial charge is 0.128 e. The highest BCUT2D eigenvalue weighted by Gasteiger charge is 2.00. The molecule has 0 aliphatic rings. The van der Waals surface area contributed by atoms with E-state index in [1.165, 1.54) is 0 Å². The van der Waals surface area contributed by atoms with Crippen LogP contribution in [0.4, 0.5) is 0 Å². The Kier molecular flexibility index (Phi) is 2.00. The molecule has 0 aromatic heterocycles. The van der Waals surface area contributed by atoms with E-state index in [1.807, 2.05) is 42.5 Å². The quantitative estimate of drug-likeness (QED) is 0.646. The molecule has 0 spiro atoms. The third kappa shape index (κ3) is 1.54. The molecular formula is C11H11NO. The highest BCUT2D eigenvalue weighted by molar-refractivity contribution is 5.83. The second-order valence-corrected chi connectivity index (χ2v) is 3.05. The van der Waals surface area contributed by atoms with Gasteiger partial charge in [-0.25, -0.2) is 0 Å². The summed E-state index contributed by atoms with van der Waals surface area (Å²) in [5, 5.41) is 11.4. The molecule has 0 saturated heterocycles. The summed E-state index contributed by atoms with van der Waals surface area (Å²) < 4.78 is 0. The SMILES string of the molecule is NC(O)c1ccc2ccccc2c1. The van der Waals surface area contributed by atoms with Crippen molar-refractivity contribution in [2.75, 3.05) is 0 Å². The molecule has 2 aromatic rings. The van der Waals surface area contributed by atoms with E-state index in [-0.39, 0.29) is 0 Å². The van der Waals surface area contributed by atoms with E-state index in [2.05, 4.69) is 0 Å². The Hall–Kier alpha value is -1.38. The van der Waals surface area contributed by atoms with Gasteiger partial charge in [0.1, 0.15) is 6.23 Å². The monoisotopic (exact) mass is 173 g/mol. The van der Waals surface area contributed by atoms with Crippen LogP contribution >= 0.6 is 0 Å². The van der Waals surface area contributed by atoms with Crippen molar-refractivity contribution < 1.29 is 5.11 Å². The minimum atomic E-state index is -0.885. The number of rotatable bonds is 1. The molecule has 0 saturated carbocycles. The number of fused-ring (bicyclic) bond motifs is 1. The summed E-state index contributed by atoms with van der Waals surface area (Å²) in [7, 11) is 0. The molecule has 0 radical (unpaired) electrons. The summed E-state index contributed by atoms with van der Waals surface area (Å²) >= 11 is 0. The van der Waals surface area contributed by atoms with Gasteiger partial charge in [0.05, 0.1) is 0 Å². The van der Waals surface area contributed by atoms with Gasteiger partial charge in [0.2, 0.25) is 0 Å². The molecule has 1 unspecified atom stereocenters. The average molecular weight is 173 g/mol. The topological polar surface area (TPSA) is 46.2 Å². The van der Waals surface area contributed by atoms with Crippen LogP contribution in [0.5, 0.6) is 0 Å². The largest absolute Gasteiger partial charge is 0.375 e. The molecule has 13 heavy (non-hydrogen) atoms. The van der Waals surface area contributed by atoms with Crippen molar-refractivity contribution in [3.63, 3.8) is 0 Å². The number of nitrogens with two attached hydrogens (primary N) is 1. The lowest BCUT2D eigenvalue weighted by atomic mass is 10.1. The standard InChI is InChI=1S/C11H11NO/c12-11(13)10-6-5-8-3-1-2-4-9(8)7-10/h1-7,11,13H,12H2. The van der Waals surface area contributed by atoms with Crippen molar-refractivity contribution in [2.45, 2.75) is 6.23 Å². The van der Waals surface area contributed by atoms with Crippen LogP contribution < -0.4 is 5.73 Å². The molecule has 66 valence electrons. The molecule has 1 atom stereocenters. The fraction of sp³-hybridized carbons (Fsp3) is 0.0909. The Morgan fingerprint density at radius 2 is 1.69 bits per heavy atom. The third-order valence-corrected chi connectivity index (χ3v) is 2.12. The first-order valence-electron chi connectivity index (χ1n) is 4.20. The number of hydrogen-bond donors (Lipinski definition) is 2. The summed E-state index contributed by atoms with van der Waals surface area (Å²) in [6, 6.07) is 13.7. The van der Waals surface area contributed by atoms with Gasteiger partial charge in [0.25, 0.3) is 0 Å². The van der Waals surface area contributed by atoms with E-state index >= 15 is 0 Å². The second kappa shape index (κ2) is 3.17. The van der Waals surface area contributed by atoms with Crippen molar-refractivity contribution in [1.29, 1.82) is 0 Å². The summed E-state index contributed by atoms with van der Waals surface area (Å²) in [4.78, 5) is 0. The molecule has 2 aromatic carbocycles. The molecule has 0 aliphatic heterocycles. The van der Waals surface area contributed by atoms with E-state index in [9.17, 15) is 0 Å². The molecule has 0 heterocycles. The van der Waals surface area contributed by atoms with Crippen LogP contribution in [-0.2, 0) is 0 Å². The van der Waals surface area contributed by atoms with Gasteiger partial charge in [-0.05, 0) is 22.4 Å². The van der Waals surface area contributed by atoms with Gasteiger partial charge in [-0.3, -0.25) is 0 Å². The second-order valence-electron chi connectivity index (χ2n) is 3.05. The Bertz CT molecular complexity index is 423. The molecule has 2 rings (SSSR count). The minimum absolute atomic E-state index is 0.749. The maximum atomic E-state index is 9.16. The maximum absolute atomic E-state index is 9.16. The average Bonchev–Trinajstić information content (AvgIpc) is 2.17. The number of hydrogen-bond acceptors (Lipinski definition) is 2. The molecule has 2 heteroatoms. The Balaban J connectivity index is 2.62. The van der Waals surface area contributed by atoms with E-state index in [4.69, 9.17) is 10.8 Å². The third-order valence-electron chi connectivity index (χ3n) is 2.12. The van der Waals surface area contributed by atoms with Crippen LogP contribution in [0.25, 0.3) is 10.8 Å². The zero-order chi connectivity index (χ0) is 9.26. The fourth-order valence-electron chi connectivity index (χ4n) is 1.39. The molecule has 0 bridgehead atoms. The molecule has 0 amide bonds. The van der Waals surface area contributed by atoms with E-state index in [0.717, 1.165) is 16.3 Å². The van der Waals surface area contributed by atoms with Gasteiger partial charge in [-0.1, -0.05) is 36.4 Å². The van der Waals surface area contributed by atoms with Gasteiger partial charge in [-0.15, -0.1) is 0 Å². The van der Waals surface area contributed by atoms with Crippen LogP contribution in [0.3, 0.4) is 0 Å². The van der Waals surface area contributed by atoms with Gasteiger partial charge < -0.3 is 10.8 Å². The van der Waals surface area contributed by atoms with Gasteiger partial charge in [0.15, 0.2) is 0 Å². The molecule has 0 fully saturated rings. The van der Waals surface area contributed by atoms with Crippen molar-refractivity contribution >= 4 is 10.8 Å². The van der Waals surface area contributed by atoms with Crippen molar-refractivity contribution in [3.05, 3.63) is 48.0 Å². The number of benzene rings is 2. The first-order valence-corrected chi connectivity index (χ1v) is 4.20. The predicted octanol–water partition coefficient (Wildman–Crippen LogP) is 1.79. The summed E-state index contributed by atoms with van der Waals surface area (Å²) in [5.74, 6) is 0. The van der Waals surface area contributed by atoms with Crippen LogP contribution in [0.2, 0.25) is 0 Å². The van der Waals surface area contributed by atoms with Crippen molar-refractivity contribution in [2.24, 2.45) is 5.73 Å². The van der Waals surface area contributed by atoms with Crippen LogP contribution in [0.1, 0.15) is 11.8 Å². The molecule has 0 aliphatic carbocycles. The summed E-state index contributed by atoms with van der Waals surface area (Å²) in [6.45, 7) is 0. The van der Waals surface area contributed by atoms with E-state index < -0.39 is 6.23 Å². The van der Waals surface area contributed by atoms with Crippen LogP contribution in [-0.4, -0.2) is 5.11 Å². The Morgan fingerprint density at radius 1 is 1.00 bits per heavy atom. The van der Waals surface area contributed by atoms with Crippen LogP contribution in [0, 0.1) is 0 Å². The lowest BCUT2D eigenvalue weighted by molar-refractivity contribution is 0.186. The van der Waals surface area contributed by atoms with Crippen LogP contribution in [0.15, 0.2) is 42.5 Å². The van der Waals surface area contributed by atoms with Crippen molar-refractivity contribution in [1.82, 2.24) is 0 Å².